The second-order valence-electron chi connectivity index (χ2n) is 8.78. The Hall–Kier alpha value is -2.86. The number of hydrogen-bond acceptors (Lipinski definition) is 4. The summed E-state index contributed by atoms with van der Waals surface area (Å²) in [7, 11) is 0. The van der Waals surface area contributed by atoms with Crippen LogP contribution in [0.15, 0.2) is 42.5 Å². The van der Waals surface area contributed by atoms with Gasteiger partial charge in [-0.15, -0.1) is 0 Å². The van der Waals surface area contributed by atoms with Gasteiger partial charge in [-0.2, -0.15) is 0 Å². The van der Waals surface area contributed by atoms with Crippen molar-refractivity contribution in [3.8, 4) is 0 Å². The minimum absolute atomic E-state index is 0.0225. The van der Waals surface area contributed by atoms with E-state index in [1.165, 1.54) is 11.1 Å². The molecule has 6 heteroatoms. The molecule has 2 aromatic rings. The van der Waals surface area contributed by atoms with Crippen LogP contribution in [0.3, 0.4) is 0 Å². The van der Waals surface area contributed by atoms with Crippen molar-refractivity contribution in [1.29, 1.82) is 0 Å². The standard InChI is InChI=1S/C25H33N3O3/c1-17(2)21-6-5-7-22(18(3)4)24(21)26-23(29)16-27-12-14-28(15-13-27)20-10-8-19(9-11-20)25(30)31/h5-11,17-18H,12-16H2,1-4H3,(H,26,29)(H,30,31). The number of para-hydroxylation sites is 1. The number of nitrogens with zero attached hydrogens (tertiary/aromatic N) is 2. The summed E-state index contributed by atoms with van der Waals surface area (Å²) in [6, 6.07) is 13.2. The van der Waals surface area contributed by atoms with E-state index < -0.39 is 5.97 Å². The van der Waals surface area contributed by atoms with Crippen molar-refractivity contribution in [2.75, 3.05) is 42.9 Å². The van der Waals surface area contributed by atoms with Crippen LogP contribution in [-0.2, 0) is 4.79 Å². The molecular formula is C25H33N3O3. The van der Waals surface area contributed by atoms with Crippen molar-refractivity contribution >= 4 is 23.3 Å². The molecule has 166 valence electrons. The maximum Gasteiger partial charge on any atom is 0.335 e. The average molecular weight is 424 g/mol. The fourth-order valence-electron chi connectivity index (χ4n) is 4.06. The van der Waals surface area contributed by atoms with Gasteiger partial charge in [0.15, 0.2) is 0 Å². The molecule has 0 aromatic heterocycles. The number of amides is 1. The number of aromatic carboxylic acids is 1. The molecule has 0 aliphatic carbocycles. The van der Waals surface area contributed by atoms with Crippen LogP contribution < -0.4 is 10.2 Å². The fourth-order valence-corrected chi connectivity index (χ4v) is 4.06. The number of carbonyl (C=O) groups is 2. The zero-order valence-electron chi connectivity index (χ0n) is 18.9. The van der Waals surface area contributed by atoms with Crippen molar-refractivity contribution in [2.45, 2.75) is 39.5 Å². The Kier molecular flexibility index (Phi) is 7.33. The molecule has 1 aliphatic heterocycles. The summed E-state index contributed by atoms with van der Waals surface area (Å²) >= 11 is 0. The molecule has 0 spiro atoms. The Labute approximate surface area is 184 Å². The van der Waals surface area contributed by atoms with Gasteiger partial charge in [0.25, 0.3) is 0 Å². The molecule has 31 heavy (non-hydrogen) atoms. The number of piperazine rings is 1. The van der Waals surface area contributed by atoms with Gasteiger partial charge in [0, 0.05) is 37.6 Å². The van der Waals surface area contributed by atoms with E-state index in [2.05, 4.69) is 61.0 Å². The van der Waals surface area contributed by atoms with E-state index in [4.69, 9.17) is 5.11 Å². The number of carboxylic acid groups (broad SMARTS) is 1. The van der Waals surface area contributed by atoms with Crippen molar-refractivity contribution in [1.82, 2.24) is 4.90 Å². The molecule has 1 aliphatic rings. The Morgan fingerprint density at radius 3 is 1.94 bits per heavy atom. The van der Waals surface area contributed by atoms with Gasteiger partial charge in [0.1, 0.15) is 0 Å². The zero-order chi connectivity index (χ0) is 22.5. The summed E-state index contributed by atoms with van der Waals surface area (Å²) < 4.78 is 0. The predicted molar refractivity (Wildman–Crippen MR) is 125 cm³/mol. The summed E-state index contributed by atoms with van der Waals surface area (Å²) in [5.74, 6) is -0.216. The molecule has 1 heterocycles. The third-order valence-electron chi connectivity index (χ3n) is 5.86. The van der Waals surface area contributed by atoms with E-state index in [1.54, 1.807) is 12.1 Å². The third-order valence-corrected chi connectivity index (χ3v) is 5.86. The number of carbonyl (C=O) groups excluding carboxylic acids is 1. The lowest BCUT2D eigenvalue weighted by Crippen LogP contribution is -2.48. The van der Waals surface area contributed by atoms with Gasteiger partial charge in [-0.05, 0) is 47.2 Å². The zero-order valence-corrected chi connectivity index (χ0v) is 18.9. The van der Waals surface area contributed by atoms with Gasteiger partial charge in [-0.25, -0.2) is 4.79 Å². The van der Waals surface area contributed by atoms with Crippen LogP contribution in [0.4, 0.5) is 11.4 Å². The third kappa shape index (κ3) is 5.64. The van der Waals surface area contributed by atoms with Gasteiger partial charge < -0.3 is 15.3 Å². The summed E-state index contributed by atoms with van der Waals surface area (Å²) in [4.78, 5) is 28.3. The molecule has 0 unspecified atom stereocenters. The number of nitrogens with one attached hydrogen (secondary N) is 1. The highest BCUT2D eigenvalue weighted by atomic mass is 16.4. The minimum Gasteiger partial charge on any atom is -0.478 e. The van der Waals surface area contributed by atoms with Crippen LogP contribution in [0.1, 0.15) is 61.0 Å². The molecule has 3 rings (SSSR count). The van der Waals surface area contributed by atoms with E-state index >= 15 is 0 Å². The van der Waals surface area contributed by atoms with Gasteiger partial charge in [-0.1, -0.05) is 45.9 Å². The van der Waals surface area contributed by atoms with E-state index in [-0.39, 0.29) is 5.91 Å². The number of rotatable bonds is 7. The first-order chi connectivity index (χ1) is 14.8. The second kappa shape index (κ2) is 9.96. The first-order valence-electron chi connectivity index (χ1n) is 11.0. The number of hydrogen-bond donors (Lipinski definition) is 2. The van der Waals surface area contributed by atoms with Crippen LogP contribution in [0, 0.1) is 0 Å². The SMILES string of the molecule is CC(C)c1cccc(C(C)C)c1NC(=O)CN1CCN(c2ccc(C(=O)O)cc2)CC1. The van der Waals surface area contributed by atoms with Crippen LogP contribution in [-0.4, -0.2) is 54.6 Å². The smallest absolute Gasteiger partial charge is 0.335 e. The largest absolute Gasteiger partial charge is 0.478 e. The maximum absolute atomic E-state index is 12.9. The molecule has 1 amide bonds. The quantitative estimate of drug-likeness (QED) is 0.691. The molecule has 0 saturated carbocycles. The molecule has 0 bridgehead atoms. The lowest BCUT2D eigenvalue weighted by Gasteiger charge is -2.35. The summed E-state index contributed by atoms with van der Waals surface area (Å²) in [5.41, 5.74) is 4.63. The van der Waals surface area contributed by atoms with Crippen molar-refractivity contribution < 1.29 is 14.7 Å². The van der Waals surface area contributed by atoms with Crippen molar-refractivity contribution in [3.63, 3.8) is 0 Å². The maximum atomic E-state index is 12.9. The molecule has 0 atom stereocenters. The number of anilines is 2. The first kappa shape index (κ1) is 22.8. The van der Waals surface area contributed by atoms with Crippen LogP contribution in [0.2, 0.25) is 0 Å². The normalized spacial score (nSPS) is 14.8. The lowest BCUT2D eigenvalue weighted by molar-refractivity contribution is -0.117. The minimum atomic E-state index is -0.915. The molecule has 1 saturated heterocycles. The first-order valence-corrected chi connectivity index (χ1v) is 11.0. The van der Waals surface area contributed by atoms with E-state index in [0.717, 1.165) is 37.6 Å². The summed E-state index contributed by atoms with van der Waals surface area (Å²) in [5, 5.41) is 12.2. The molecule has 2 aromatic carbocycles. The Morgan fingerprint density at radius 2 is 1.45 bits per heavy atom. The van der Waals surface area contributed by atoms with Gasteiger partial charge in [-0.3, -0.25) is 9.69 Å². The van der Waals surface area contributed by atoms with Crippen LogP contribution >= 0.6 is 0 Å². The highest BCUT2D eigenvalue weighted by molar-refractivity contribution is 5.94. The summed E-state index contributed by atoms with van der Waals surface area (Å²) in [6.07, 6.45) is 0. The van der Waals surface area contributed by atoms with E-state index in [9.17, 15) is 9.59 Å². The molecule has 6 nitrogen and oxygen atoms in total. The Bertz CT molecular complexity index is 888. The molecule has 0 radical (unpaired) electrons. The van der Waals surface area contributed by atoms with Gasteiger partial charge in [0.2, 0.25) is 5.91 Å². The van der Waals surface area contributed by atoms with Crippen molar-refractivity contribution in [2.24, 2.45) is 0 Å². The van der Waals surface area contributed by atoms with Gasteiger partial charge >= 0.3 is 5.97 Å². The van der Waals surface area contributed by atoms with Gasteiger partial charge in [0.05, 0.1) is 12.1 Å². The highest BCUT2D eigenvalue weighted by Gasteiger charge is 2.21. The molecule has 2 N–H and O–H groups in total. The number of benzene rings is 2. The van der Waals surface area contributed by atoms with E-state index in [0.29, 0.717) is 23.9 Å². The molecule has 1 fully saturated rings. The fraction of sp³-hybridized carbons (Fsp3) is 0.440. The monoisotopic (exact) mass is 423 g/mol. The number of carboxylic acids is 1. The predicted octanol–water partition coefficient (Wildman–Crippen LogP) is 4.39. The second-order valence-corrected chi connectivity index (χ2v) is 8.78. The van der Waals surface area contributed by atoms with Crippen LogP contribution in [0.5, 0.6) is 0 Å². The average Bonchev–Trinajstić information content (AvgIpc) is 2.74. The lowest BCUT2D eigenvalue weighted by atomic mass is 9.92. The topological polar surface area (TPSA) is 72.9 Å². The highest BCUT2D eigenvalue weighted by Crippen LogP contribution is 2.32. The summed E-state index contributed by atoms with van der Waals surface area (Å²) in [6.45, 7) is 12.2. The molecular weight excluding hydrogens is 390 g/mol. The van der Waals surface area contributed by atoms with Crippen molar-refractivity contribution in [3.05, 3.63) is 59.2 Å². The van der Waals surface area contributed by atoms with E-state index in [1.807, 2.05) is 12.1 Å². The Balaban J connectivity index is 1.59. The van der Waals surface area contributed by atoms with Crippen LogP contribution in [0.25, 0.3) is 0 Å². The Morgan fingerprint density at radius 1 is 0.903 bits per heavy atom.